The highest BCUT2D eigenvalue weighted by molar-refractivity contribution is 6.31. The highest BCUT2D eigenvalue weighted by Gasteiger charge is 2.53. The summed E-state index contributed by atoms with van der Waals surface area (Å²) in [7, 11) is 1.93. The van der Waals surface area contributed by atoms with Crippen molar-refractivity contribution < 1.29 is 9.90 Å². The number of carbonyl (C=O) groups is 1. The Bertz CT molecular complexity index is 626. The van der Waals surface area contributed by atoms with Gasteiger partial charge in [-0.2, -0.15) is 0 Å². The van der Waals surface area contributed by atoms with Crippen molar-refractivity contribution >= 4 is 28.5 Å². The molecule has 1 N–H and O–H groups in total. The number of halogens is 1. The largest absolute Gasteiger partial charge is 0.481 e. The van der Waals surface area contributed by atoms with Gasteiger partial charge in [0, 0.05) is 29.2 Å². The molecule has 3 rings (SSSR count). The Morgan fingerprint density at radius 2 is 2.18 bits per heavy atom. The second-order valence-electron chi connectivity index (χ2n) is 4.70. The van der Waals surface area contributed by atoms with E-state index in [0.29, 0.717) is 17.9 Å². The monoisotopic (exact) mass is 249 g/mol. The summed E-state index contributed by atoms with van der Waals surface area (Å²) in [5.41, 5.74) is 1.24. The third kappa shape index (κ3) is 1.39. The number of aryl methyl sites for hydroxylation is 1. The number of rotatable bonds is 2. The second kappa shape index (κ2) is 3.26. The lowest BCUT2D eigenvalue weighted by atomic mass is 9.96. The maximum atomic E-state index is 11.4. The average molecular weight is 250 g/mol. The van der Waals surface area contributed by atoms with Gasteiger partial charge < -0.3 is 9.67 Å². The maximum Gasteiger partial charge on any atom is 0.314 e. The number of carboxylic acids is 1. The molecule has 1 aliphatic carbocycles. The minimum atomic E-state index is -0.732. The molecule has 0 unspecified atom stereocenters. The van der Waals surface area contributed by atoms with Crippen LogP contribution in [-0.2, 0) is 17.3 Å². The van der Waals surface area contributed by atoms with Gasteiger partial charge in [0.25, 0.3) is 0 Å². The van der Waals surface area contributed by atoms with E-state index in [2.05, 4.69) is 0 Å². The Hall–Kier alpha value is -1.48. The fourth-order valence-electron chi connectivity index (χ4n) is 2.47. The minimum absolute atomic E-state index is 0.645. The molecular formula is C13H12ClNO2. The third-order valence-corrected chi connectivity index (χ3v) is 3.86. The molecular weight excluding hydrogens is 238 g/mol. The molecule has 1 aromatic heterocycles. The lowest BCUT2D eigenvalue weighted by molar-refractivity contribution is -0.140. The molecule has 1 fully saturated rings. The van der Waals surface area contributed by atoms with Crippen molar-refractivity contribution in [3.63, 3.8) is 0 Å². The first kappa shape index (κ1) is 10.7. The van der Waals surface area contributed by atoms with Gasteiger partial charge in [-0.15, -0.1) is 0 Å². The zero-order valence-corrected chi connectivity index (χ0v) is 10.2. The van der Waals surface area contributed by atoms with Crippen molar-refractivity contribution in [1.82, 2.24) is 4.57 Å². The normalized spacial score (nSPS) is 17.3. The zero-order valence-electron chi connectivity index (χ0n) is 9.40. The van der Waals surface area contributed by atoms with Crippen LogP contribution < -0.4 is 0 Å². The number of hydrogen-bond donors (Lipinski definition) is 1. The van der Waals surface area contributed by atoms with Crippen molar-refractivity contribution in [2.24, 2.45) is 7.05 Å². The Morgan fingerprint density at radius 3 is 2.76 bits per heavy atom. The highest BCUT2D eigenvalue weighted by Crippen LogP contribution is 2.51. The molecule has 3 nitrogen and oxygen atoms in total. The van der Waals surface area contributed by atoms with E-state index in [1.54, 1.807) is 0 Å². The molecule has 0 radical (unpaired) electrons. The molecule has 0 bridgehead atoms. The van der Waals surface area contributed by atoms with Crippen LogP contribution >= 0.6 is 11.6 Å². The Labute approximate surface area is 104 Å². The van der Waals surface area contributed by atoms with Gasteiger partial charge in [-0.05, 0) is 36.6 Å². The van der Waals surface area contributed by atoms with E-state index in [1.807, 2.05) is 36.0 Å². The molecule has 0 aliphatic heterocycles. The van der Waals surface area contributed by atoms with Gasteiger partial charge in [0.2, 0.25) is 0 Å². The topological polar surface area (TPSA) is 42.2 Å². The van der Waals surface area contributed by atoms with E-state index < -0.39 is 11.4 Å². The van der Waals surface area contributed by atoms with Crippen molar-refractivity contribution in [3.05, 3.63) is 35.0 Å². The van der Waals surface area contributed by atoms with Gasteiger partial charge in [-0.3, -0.25) is 4.79 Å². The van der Waals surface area contributed by atoms with Crippen LogP contribution in [0.25, 0.3) is 10.9 Å². The predicted molar refractivity (Wildman–Crippen MR) is 66.5 cm³/mol. The van der Waals surface area contributed by atoms with Crippen LogP contribution in [0.4, 0.5) is 0 Å². The van der Waals surface area contributed by atoms with Crippen LogP contribution in [0.1, 0.15) is 18.4 Å². The second-order valence-corrected chi connectivity index (χ2v) is 5.14. The SMILES string of the molecule is Cn1cc(C2(C(=O)O)CC2)c2cc(Cl)ccc21. The first-order valence-electron chi connectivity index (χ1n) is 5.53. The Kier molecular flexibility index (Phi) is 2.05. The van der Waals surface area contributed by atoms with E-state index in [-0.39, 0.29) is 0 Å². The quantitative estimate of drug-likeness (QED) is 0.889. The van der Waals surface area contributed by atoms with Crippen LogP contribution in [0.3, 0.4) is 0 Å². The van der Waals surface area contributed by atoms with Crippen molar-refractivity contribution in [2.75, 3.05) is 0 Å². The van der Waals surface area contributed by atoms with Crippen LogP contribution in [0.5, 0.6) is 0 Å². The maximum absolute atomic E-state index is 11.4. The molecule has 1 aromatic carbocycles. The predicted octanol–water partition coefficient (Wildman–Crippen LogP) is 2.95. The summed E-state index contributed by atoms with van der Waals surface area (Å²) >= 11 is 5.99. The standard InChI is InChI=1S/C13H12ClNO2/c1-15-7-10(13(4-5-13)12(16)17)9-6-8(14)2-3-11(9)15/h2-3,6-7H,4-5H2,1H3,(H,16,17). The van der Waals surface area contributed by atoms with Crippen molar-refractivity contribution in [2.45, 2.75) is 18.3 Å². The van der Waals surface area contributed by atoms with Gasteiger partial charge in [-0.1, -0.05) is 11.6 Å². The zero-order chi connectivity index (χ0) is 12.2. The first-order chi connectivity index (χ1) is 8.04. The average Bonchev–Trinajstić information content (AvgIpc) is 3.01. The first-order valence-corrected chi connectivity index (χ1v) is 5.91. The summed E-state index contributed by atoms with van der Waals surface area (Å²) in [6, 6.07) is 5.61. The van der Waals surface area contributed by atoms with E-state index >= 15 is 0 Å². The van der Waals surface area contributed by atoms with Crippen molar-refractivity contribution in [1.29, 1.82) is 0 Å². The van der Waals surface area contributed by atoms with E-state index in [1.165, 1.54) is 0 Å². The molecule has 1 aliphatic rings. The number of hydrogen-bond acceptors (Lipinski definition) is 1. The number of benzene rings is 1. The molecule has 0 saturated heterocycles. The number of aliphatic carboxylic acids is 1. The molecule has 4 heteroatoms. The summed E-state index contributed by atoms with van der Waals surface area (Å²) in [5, 5.41) is 11.0. The summed E-state index contributed by atoms with van der Waals surface area (Å²) in [6.45, 7) is 0. The summed E-state index contributed by atoms with van der Waals surface area (Å²) < 4.78 is 1.96. The summed E-state index contributed by atoms with van der Waals surface area (Å²) in [4.78, 5) is 11.4. The molecule has 2 aromatic rings. The van der Waals surface area contributed by atoms with Gasteiger partial charge in [0.05, 0.1) is 5.41 Å². The lowest BCUT2D eigenvalue weighted by Gasteiger charge is -2.07. The van der Waals surface area contributed by atoms with E-state index in [4.69, 9.17) is 11.6 Å². The fourth-order valence-corrected chi connectivity index (χ4v) is 2.64. The molecule has 1 heterocycles. The van der Waals surface area contributed by atoms with Crippen LogP contribution in [0.2, 0.25) is 5.02 Å². The van der Waals surface area contributed by atoms with Gasteiger partial charge in [0.15, 0.2) is 0 Å². The summed E-state index contributed by atoms with van der Waals surface area (Å²) in [6.07, 6.45) is 3.35. The van der Waals surface area contributed by atoms with E-state index in [9.17, 15) is 9.90 Å². The van der Waals surface area contributed by atoms with Gasteiger partial charge in [-0.25, -0.2) is 0 Å². The Balaban J connectivity index is 2.30. The van der Waals surface area contributed by atoms with Crippen LogP contribution in [-0.4, -0.2) is 15.6 Å². The number of aromatic nitrogens is 1. The molecule has 88 valence electrons. The lowest BCUT2D eigenvalue weighted by Crippen LogP contribution is -2.19. The van der Waals surface area contributed by atoms with E-state index in [0.717, 1.165) is 16.5 Å². The van der Waals surface area contributed by atoms with Crippen LogP contribution in [0, 0.1) is 0 Å². The Morgan fingerprint density at radius 1 is 1.47 bits per heavy atom. The summed E-state index contributed by atoms with van der Waals surface area (Å²) in [5.74, 6) is -0.732. The third-order valence-electron chi connectivity index (χ3n) is 3.63. The number of nitrogens with zero attached hydrogens (tertiary/aromatic N) is 1. The molecule has 1 saturated carbocycles. The number of fused-ring (bicyclic) bond motifs is 1. The highest BCUT2D eigenvalue weighted by atomic mass is 35.5. The van der Waals surface area contributed by atoms with Crippen molar-refractivity contribution in [3.8, 4) is 0 Å². The smallest absolute Gasteiger partial charge is 0.314 e. The molecule has 0 atom stereocenters. The number of carboxylic acid groups (broad SMARTS) is 1. The van der Waals surface area contributed by atoms with Crippen LogP contribution in [0.15, 0.2) is 24.4 Å². The molecule has 0 amide bonds. The molecule has 0 spiro atoms. The van der Waals surface area contributed by atoms with Gasteiger partial charge in [0.1, 0.15) is 0 Å². The van der Waals surface area contributed by atoms with Gasteiger partial charge >= 0.3 is 5.97 Å². The minimum Gasteiger partial charge on any atom is -0.481 e. The fraction of sp³-hybridized carbons (Fsp3) is 0.308. The molecule has 17 heavy (non-hydrogen) atoms.